The lowest BCUT2D eigenvalue weighted by atomic mass is 9.94. The average Bonchev–Trinajstić information content (AvgIpc) is 3.19. The van der Waals surface area contributed by atoms with Crippen LogP contribution in [0.2, 0.25) is 0 Å². The quantitative estimate of drug-likeness (QED) is 0.755. The number of carbonyl (C=O) groups is 1. The van der Waals surface area contributed by atoms with E-state index in [-0.39, 0.29) is 28.0 Å². The van der Waals surface area contributed by atoms with Gasteiger partial charge < -0.3 is 10.1 Å². The number of nitrogens with one attached hydrogen (secondary N) is 1. The first-order valence-electron chi connectivity index (χ1n) is 9.58. The van der Waals surface area contributed by atoms with Crippen molar-refractivity contribution in [3.63, 3.8) is 0 Å². The number of thioether (sulfide) groups is 1. The largest absolute Gasteiger partial charge is 0.488 e. The zero-order valence-corrected chi connectivity index (χ0v) is 17.8. The molecule has 3 unspecified atom stereocenters. The third-order valence-electron chi connectivity index (χ3n) is 5.74. The van der Waals surface area contributed by atoms with Gasteiger partial charge in [0.1, 0.15) is 11.4 Å². The van der Waals surface area contributed by atoms with Crippen LogP contribution < -0.4 is 10.1 Å². The monoisotopic (exact) mass is 422 g/mol. The number of benzene rings is 1. The van der Waals surface area contributed by atoms with Crippen LogP contribution in [0.1, 0.15) is 32.3 Å². The molecule has 0 radical (unpaired) electrons. The highest BCUT2D eigenvalue weighted by Crippen LogP contribution is 2.43. The van der Waals surface area contributed by atoms with Crippen molar-refractivity contribution in [1.82, 2.24) is 9.62 Å². The van der Waals surface area contributed by atoms with Gasteiger partial charge in [0, 0.05) is 18.3 Å². The molecule has 2 fully saturated rings. The molecule has 1 aromatic rings. The molecule has 6 nitrogen and oxygen atoms in total. The highest BCUT2D eigenvalue weighted by Gasteiger charge is 2.46. The molecular formula is C20H26N2O4S2. The number of amides is 1. The van der Waals surface area contributed by atoms with Crippen molar-refractivity contribution in [1.29, 1.82) is 0 Å². The Morgan fingerprint density at radius 1 is 1.39 bits per heavy atom. The number of hydrogen-bond donors (Lipinski definition) is 1. The number of ether oxygens (including phenoxy) is 1. The molecule has 3 heterocycles. The second-order valence-electron chi connectivity index (χ2n) is 8.32. The lowest BCUT2D eigenvalue weighted by molar-refractivity contribution is -0.116. The first-order chi connectivity index (χ1) is 13.2. The van der Waals surface area contributed by atoms with Crippen molar-refractivity contribution in [3.8, 4) is 5.75 Å². The average molecular weight is 423 g/mol. The van der Waals surface area contributed by atoms with E-state index in [0.29, 0.717) is 18.0 Å². The Morgan fingerprint density at radius 3 is 2.89 bits per heavy atom. The summed E-state index contributed by atoms with van der Waals surface area (Å²) >= 11 is 1.66. The lowest BCUT2D eigenvalue weighted by Crippen LogP contribution is -2.34. The Balaban J connectivity index is 1.46. The van der Waals surface area contributed by atoms with Gasteiger partial charge in [-0.3, -0.25) is 4.79 Å². The number of sulfonamides is 1. The van der Waals surface area contributed by atoms with Gasteiger partial charge in [-0.2, -0.15) is 4.31 Å². The standard InChI is InChI=1S/C20H26N2O4S2/c1-4-18(23)21-19-10-14-11-22(12-17(14)27-19)28(24,25)15-5-6-16-13(9-15)7-8-20(2,3)26-16/h4-6,9,14,17,19H,1,7-8,10-12H2,2-3H3,(H,21,23). The minimum Gasteiger partial charge on any atom is -0.488 e. The van der Waals surface area contributed by atoms with Crippen LogP contribution in [-0.2, 0) is 21.2 Å². The normalized spacial score (nSPS) is 28.9. The molecule has 0 aromatic heterocycles. The Bertz CT molecular complexity index is 899. The van der Waals surface area contributed by atoms with Crippen LogP contribution in [0.3, 0.4) is 0 Å². The summed E-state index contributed by atoms with van der Waals surface area (Å²) in [7, 11) is -3.53. The predicted molar refractivity (Wildman–Crippen MR) is 110 cm³/mol. The third-order valence-corrected chi connectivity index (χ3v) is 9.09. The molecule has 3 atom stereocenters. The molecule has 28 heavy (non-hydrogen) atoms. The van der Waals surface area contributed by atoms with Crippen molar-refractivity contribution in [2.75, 3.05) is 13.1 Å². The van der Waals surface area contributed by atoms with Crippen molar-refractivity contribution < 1.29 is 17.9 Å². The van der Waals surface area contributed by atoms with Crippen LogP contribution in [0.25, 0.3) is 0 Å². The molecular weight excluding hydrogens is 396 g/mol. The van der Waals surface area contributed by atoms with Crippen LogP contribution in [0.5, 0.6) is 5.75 Å². The van der Waals surface area contributed by atoms with E-state index in [0.717, 1.165) is 30.6 Å². The summed E-state index contributed by atoms with van der Waals surface area (Å²) < 4.78 is 33.9. The smallest absolute Gasteiger partial charge is 0.244 e. The third kappa shape index (κ3) is 3.69. The summed E-state index contributed by atoms with van der Waals surface area (Å²) in [4.78, 5) is 11.8. The summed E-state index contributed by atoms with van der Waals surface area (Å²) in [6.45, 7) is 8.55. The fourth-order valence-corrected chi connectivity index (χ4v) is 7.50. The zero-order valence-electron chi connectivity index (χ0n) is 16.2. The summed E-state index contributed by atoms with van der Waals surface area (Å²) in [6, 6.07) is 5.22. The van der Waals surface area contributed by atoms with Gasteiger partial charge >= 0.3 is 0 Å². The summed E-state index contributed by atoms with van der Waals surface area (Å²) in [6.07, 6.45) is 3.74. The molecule has 3 aliphatic heterocycles. The van der Waals surface area contributed by atoms with Crippen molar-refractivity contribution in [3.05, 3.63) is 36.4 Å². The molecule has 1 aromatic carbocycles. The topological polar surface area (TPSA) is 75.7 Å². The van der Waals surface area contributed by atoms with Crippen LogP contribution in [0.15, 0.2) is 35.7 Å². The maximum atomic E-state index is 13.2. The lowest BCUT2D eigenvalue weighted by Gasteiger charge is -2.32. The number of fused-ring (bicyclic) bond motifs is 2. The van der Waals surface area contributed by atoms with Crippen molar-refractivity contribution in [2.24, 2.45) is 5.92 Å². The highest BCUT2D eigenvalue weighted by atomic mass is 32.2. The van der Waals surface area contributed by atoms with Crippen LogP contribution in [0, 0.1) is 5.92 Å². The van der Waals surface area contributed by atoms with E-state index < -0.39 is 10.0 Å². The van der Waals surface area contributed by atoms with E-state index in [2.05, 4.69) is 11.9 Å². The van der Waals surface area contributed by atoms with Crippen LogP contribution in [-0.4, -0.2) is 47.9 Å². The molecule has 0 saturated carbocycles. The number of nitrogens with zero attached hydrogens (tertiary/aromatic N) is 1. The van der Waals surface area contributed by atoms with E-state index in [4.69, 9.17) is 4.74 Å². The fourth-order valence-electron chi connectivity index (χ4n) is 4.18. The number of rotatable bonds is 4. The molecule has 152 valence electrons. The summed E-state index contributed by atoms with van der Waals surface area (Å²) in [5.41, 5.74) is 0.746. The summed E-state index contributed by atoms with van der Waals surface area (Å²) in [5, 5.41) is 3.16. The highest BCUT2D eigenvalue weighted by molar-refractivity contribution is 8.00. The molecule has 0 spiro atoms. The zero-order chi connectivity index (χ0) is 20.1. The van der Waals surface area contributed by atoms with E-state index in [1.807, 2.05) is 13.8 Å². The number of carbonyl (C=O) groups excluding carboxylic acids is 1. The molecule has 1 N–H and O–H groups in total. The Kier molecular flexibility index (Phi) is 5.00. The van der Waals surface area contributed by atoms with Gasteiger partial charge in [0.05, 0.1) is 10.3 Å². The van der Waals surface area contributed by atoms with Gasteiger partial charge in [-0.15, -0.1) is 11.8 Å². The Hall–Kier alpha value is -1.51. The minimum absolute atomic E-state index is 0.0367. The molecule has 0 bridgehead atoms. The van der Waals surface area contributed by atoms with Crippen molar-refractivity contribution in [2.45, 2.75) is 54.2 Å². The number of hydrogen-bond acceptors (Lipinski definition) is 5. The Labute approximate surface area is 170 Å². The van der Waals surface area contributed by atoms with E-state index in [1.165, 1.54) is 6.08 Å². The molecule has 3 aliphatic rings. The summed E-state index contributed by atoms with van der Waals surface area (Å²) in [5.74, 6) is 0.864. The van der Waals surface area contributed by atoms with E-state index in [1.54, 1.807) is 34.3 Å². The van der Waals surface area contributed by atoms with E-state index >= 15 is 0 Å². The maximum absolute atomic E-state index is 13.2. The van der Waals surface area contributed by atoms with Crippen LogP contribution in [0.4, 0.5) is 0 Å². The first-order valence-corrected chi connectivity index (χ1v) is 12.0. The first kappa shape index (κ1) is 19.8. The van der Waals surface area contributed by atoms with E-state index in [9.17, 15) is 13.2 Å². The minimum atomic E-state index is -3.53. The second-order valence-corrected chi connectivity index (χ2v) is 11.7. The van der Waals surface area contributed by atoms with Gasteiger partial charge in [-0.05, 0) is 68.9 Å². The molecule has 0 aliphatic carbocycles. The fraction of sp³-hybridized carbons (Fsp3) is 0.550. The predicted octanol–water partition coefficient (Wildman–Crippen LogP) is 2.54. The Morgan fingerprint density at radius 2 is 2.18 bits per heavy atom. The van der Waals surface area contributed by atoms with Gasteiger partial charge in [0.25, 0.3) is 0 Å². The van der Waals surface area contributed by atoms with Gasteiger partial charge in [-0.25, -0.2) is 8.42 Å². The van der Waals surface area contributed by atoms with Gasteiger partial charge in [0.2, 0.25) is 15.9 Å². The molecule has 8 heteroatoms. The van der Waals surface area contributed by atoms with Crippen molar-refractivity contribution >= 4 is 27.7 Å². The SMILES string of the molecule is C=CC(=O)NC1CC2CN(S(=O)(=O)c3ccc4c(c3)CCC(C)(C)O4)CC2S1. The van der Waals surface area contributed by atoms with Gasteiger partial charge in [-0.1, -0.05) is 6.58 Å². The van der Waals surface area contributed by atoms with Gasteiger partial charge in [0.15, 0.2) is 0 Å². The molecule has 4 rings (SSSR count). The number of aryl methyl sites for hydroxylation is 1. The maximum Gasteiger partial charge on any atom is 0.244 e. The second kappa shape index (κ2) is 7.07. The molecule has 1 amide bonds. The molecule has 2 saturated heterocycles. The van der Waals surface area contributed by atoms with Crippen LogP contribution >= 0.6 is 11.8 Å².